The summed E-state index contributed by atoms with van der Waals surface area (Å²) in [6.07, 6.45) is 11.4. The number of hydrogen-bond acceptors (Lipinski definition) is 1. The van der Waals surface area contributed by atoms with Crippen molar-refractivity contribution in [3.63, 3.8) is 0 Å². The van der Waals surface area contributed by atoms with Gasteiger partial charge < -0.3 is 0 Å². The summed E-state index contributed by atoms with van der Waals surface area (Å²) in [7, 11) is 0. The van der Waals surface area contributed by atoms with E-state index in [1.165, 1.54) is 5.56 Å². The van der Waals surface area contributed by atoms with Crippen LogP contribution in [0, 0.1) is 18.8 Å². The van der Waals surface area contributed by atoms with E-state index >= 15 is 0 Å². The van der Waals surface area contributed by atoms with Gasteiger partial charge in [0.1, 0.15) is 0 Å². The van der Waals surface area contributed by atoms with E-state index in [1.54, 1.807) is 12.3 Å². The van der Waals surface area contributed by atoms with Crippen molar-refractivity contribution in [1.82, 2.24) is 4.98 Å². The second-order valence-electron chi connectivity index (χ2n) is 5.37. The van der Waals surface area contributed by atoms with Gasteiger partial charge in [0.2, 0.25) is 0 Å². The maximum absolute atomic E-state index is 4.41. The number of aromatic nitrogens is 1. The van der Waals surface area contributed by atoms with E-state index in [0.717, 1.165) is 22.4 Å². The van der Waals surface area contributed by atoms with Gasteiger partial charge in [0.25, 0.3) is 0 Å². The van der Waals surface area contributed by atoms with Gasteiger partial charge in [-0.25, -0.2) is 0 Å². The summed E-state index contributed by atoms with van der Waals surface area (Å²) in [5, 5.41) is 0. The van der Waals surface area contributed by atoms with Crippen molar-refractivity contribution in [3.8, 4) is 11.8 Å². The summed E-state index contributed by atoms with van der Waals surface area (Å²) in [5.41, 5.74) is 4.89. The molecule has 126 valence electrons. The molecule has 0 saturated carbocycles. The van der Waals surface area contributed by atoms with Crippen LogP contribution in [0.2, 0.25) is 0 Å². The first kappa shape index (κ1) is 19.9. The number of hydrogen-bond donors (Lipinski definition) is 0. The molecule has 0 aliphatic heterocycles. The highest BCUT2D eigenvalue weighted by molar-refractivity contribution is 5.69. The van der Waals surface area contributed by atoms with Crippen molar-refractivity contribution in [1.29, 1.82) is 0 Å². The third-order valence-electron chi connectivity index (χ3n) is 3.10. The van der Waals surface area contributed by atoms with Crippen molar-refractivity contribution in [3.05, 3.63) is 109 Å². The minimum absolute atomic E-state index is 0.863. The quantitative estimate of drug-likeness (QED) is 0.375. The number of aryl methyl sites for hydroxylation is 1. The lowest BCUT2D eigenvalue weighted by Gasteiger charge is -1.99. The SMILES string of the molecule is C=C(/C=C\C=C/C)c1ccc(C#Cc2ccc(C)cc2)cn1.C=CC. The second-order valence-corrected chi connectivity index (χ2v) is 5.37. The van der Waals surface area contributed by atoms with Crippen LogP contribution in [0.3, 0.4) is 0 Å². The number of pyridine rings is 1. The first-order valence-corrected chi connectivity index (χ1v) is 8.21. The molecule has 0 radical (unpaired) electrons. The van der Waals surface area contributed by atoms with Gasteiger partial charge in [-0.05, 0) is 50.6 Å². The molecule has 0 aliphatic carbocycles. The normalized spacial score (nSPS) is 9.88. The Hall–Kier alpha value is -3.11. The largest absolute Gasteiger partial charge is 0.255 e. The summed E-state index contributed by atoms with van der Waals surface area (Å²) >= 11 is 0. The molecule has 1 heteroatoms. The molecule has 0 fully saturated rings. The molecule has 1 aromatic carbocycles. The summed E-state index contributed by atoms with van der Waals surface area (Å²) in [5.74, 6) is 6.27. The lowest BCUT2D eigenvalue weighted by atomic mass is 10.1. The second kappa shape index (κ2) is 11.4. The van der Waals surface area contributed by atoms with Crippen molar-refractivity contribution >= 4 is 5.57 Å². The molecule has 2 rings (SSSR count). The van der Waals surface area contributed by atoms with Gasteiger partial charge in [-0.15, -0.1) is 6.58 Å². The zero-order valence-corrected chi connectivity index (χ0v) is 15.3. The Balaban J connectivity index is 0.000000970. The topological polar surface area (TPSA) is 12.9 Å². The Bertz CT molecular complexity index is 792. The van der Waals surface area contributed by atoms with Crippen LogP contribution in [0.15, 0.2) is 86.1 Å². The third-order valence-corrected chi connectivity index (χ3v) is 3.10. The monoisotopic (exact) mass is 327 g/mol. The zero-order chi connectivity index (χ0) is 18.5. The van der Waals surface area contributed by atoms with Gasteiger partial charge >= 0.3 is 0 Å². The van der Waals surface area contributed by atoms with E-state index in [2.05, 4.69) is 49.0 Å². The molecule has 0 saturated heterocycles. The highest BCUT2D eigenvalue weighted by atomic mass is 14.7. The van der Waals surface area contributed by atoms with Crippen LogP contribution >= 0.6 is 0 Å². The van der Waals surface area contributed by atoms with Gasteiger partial charge in [-0.2, -0.15) is 0 Å². The third kappa shape index (κ3) is 7.81. The molecule has 0 bridgehead atoms. The molecular formula is C24H25N. The van der Waals surface area contributed by atoms with E-state index in [-0.39, 0.29) is 0 Å². The fourth-order valence-electron chi connectivity index (χ4n) is 1.81. The highest BCUT2D eigenvalue weighted by Crippen LogP contribution is 2.11. The zero-order valence-electron chi connectivity index (χ0n) is 15.3. The fraction of sp³-hybridized carbons (Fsp3) is 0.125. The van der Waals surface area contributed by atoms with E-state index in [1.807, 2.05) is 62.4 Å². The minimum Gasteiger partial charge on any atom is -0.255 e. The van der Waals surface area contributed by atoms with Crippen molar-refractivity contribution in [2.24, 2.45) is 0 Å². The summed E-state index contributed by atoms with van der Waals surface area (Å²) < 4.78 is 0. The number of nitrogens with zero attached hydrogens (tertiary/aromatic N) is 1. The highest BCUT2D eigenvalue weighted by Gasteiger charge is 1.96. The lowest BCUT2D eigenvalue weighted by molar-refractivity contribution is 1.27. The van der Waals surface area contributed by atoms with Crippen molar-refractivity contribution < 1.29 is 0 Å². The molecular weight excluding hydrogens is 302 g/mol. The smallest absolute Gasteiger partial charge is 0.0696 e. The molecule has 0 N–H and O–H groups in total. The average molecular weight is 327 g/mol. The van der Waals surface area contributed by atoms with Gasteiger partial charge in [-0.3, -0.25) is 4.98 Å². The van der Waals surface area contributed by atoms with Crippen LogP contribution in [-0.4, -0.2) is 4.98 Å². The predicted octanol–water partition coefficient (Wildman–Crippen LogP) is 6.13. The molecule has 1 heterocycles. The summed E-state index contributed by atoms with van der Waals surface area (Å²) in [4.78, 5) is 4.41. The average Bonchev–Trinajstić information content (AvgIpc) is 2.62. The minimum atomic E-state index is 0.863. The van der Waals surface area contributed by atoms with Crippen LogP contribution in [-0.2, 0) is 0 Å². The Kier molecular flexibility index (Phi) is 9.11. The Morgan fingerprint density at radius 2 is 1.56 bits per heavy atom. The van der Waals surface area contributed by atoms with Gasteiger partial charge in [0.15, 0.2) is 0 Å². The lowest BCUT2D eigenvalue weighted by Crippen LogP contribution is -1.86. The van der Waals surface area contributed by atoms with Crippen LogP contribution in [0.5, 0.6) is 0 Å². The van der Waals surface area contributed by atoms with Crippen LogP contribution in [0.1, 0.15) is 36.2 Å². The standard InChI is InChI=1S/C21H19N.C3H6/c1-4-5-6-7-18(3)21-15-14-20(16-22-21)13-12-19-10-8-17(2)9-11-19;1-3-2/h4-11,14-16H,3H2,1-2H3;3H,1H2,2H3/b5-4-,7-6-;. The Morgan fingerprint density at radius 3 is 2.12 bits per heavy atom. The summed E-state index contributed by atoms with van der Waals surface area (Å²) in [6.45, 7) is 13.3. The number of rotatable bonds is 3. The van der Waals surface area contributed by atoms with E-state index in [0.29, 0.717) is 0 Å². The van der Waals surface area contributed by atoms with Crippen LogP contribution in [0.4, 0.5) is 0 Å². The van der Waals surface area contributed by atoms with Crippen LogP contribution in [0.25, 0.3) is 5.57 Å². The Labute approximate surface area is 152 Å². The number of allylic oxidation sites excluding steroid dienone is 6. The maximum Gasteiger partial charge on any atom is 0.0696 e. The van der Waals surface area contributed by atoms with E-state index < -0.39 is 0 Å². The molecule has 1 aromatic heterocycles. The number of benzene rings is 1. The van der Waals surface area contributed by atoms with Crippen LogP contribution < -0.4 is 0 Å². The first-order valence-electron chi connectivity index (χ1n) is 8.21. The fourth-order valence-corrected chi connectivity index (χ4v) is 1.81. The molecule has 0 aliphatic rings. The van der Waals surface area contributed by atoms with Crippen molar-refractivity contribution in [2.75, 3.05) is 0 Å². The molecule has 2 aromatic rings. The van der Waals surface area contributed by atoms with E-state index in [9.17, 15) is 0 Å². The van der Waals surface area contributed by atoms with Gasteiger partial charge in [0, 0.05) is 17.3 Å². The predicted molar refractivity (Wildman–Crippen MR) is 110 cm³/mol. The first-order chi connectivity index (χ1) is 12.1. The Morgan fingerprint density at radius 1 is 0.960 bits per heavy atom. The molecule has 0 spiro atoms. The van der Waals surface area contributed by atoms with E-state index in [4.69, 9.17) is 0 Å². The molecule has 0 amide bonds. The molecule has 0 unspecified atom stereocenters. The molecule has 1 nitrogen and oxygen atoms in total. The van der Waals surface area contributed by atoms with Gasteiger partial charge in [0.05, 0.1) is 5.69 Å². The molecule has 25 heavy (non-hydrogen) atoms. The van der Waals surface area contributed by atoms with Crippen molar-refractivity contribution in [2.45, 2.75) is 20.8 Å². The molecule has 0 atom stereocenters. The summed E-state index contributed by atoms with van der Waals surface area (Å²) in [6, 6.07) is 12.1. The maximum atomic E-state index is 4.41. The van der Waals surface area contributed by atoms with Gasteiger partial charge in [-0.1, -0.05) is 66.5 Å².